The van der Waals surface area contributed by atoms with Crippen molar-refractivity contribution in [2.75, 3.05) is 32.8 Å². The van der Waals surface area contributed by atoms with Crippen molar-refractivity contribution in [3.63, 3.8) is 0 Å². The van der Waals surface area contributed by atoms with Crippen LogP contribution in [0.3, 0.4) is 0 Å². The fourth-order valence-corrected chi connectivity index (χ4v) is 4.92. The highest BCUT2D eigenvalue weighted by Gasteiger charge is 2.42. The number of halogens is 1. The number of piperidine rings is 1. The van der Waals surface area contributed by atoms with Gasteiger partial charge in [-0.2, -0.15) is 0 Å². The number of likely N-dealkylation sites (tertiary alicyclic amines) is 2. The molecule has 0 saturated carbocycles. The molecule has 0 N–H and O–H groups in total. The molecule has 1 spiro atoms. The van der Waals surface area contributed by atoms with E-state index >= 15 is 0 Å². The predicted octanol–water partition coefficient (Wildman–Crippen LogP) is 3.24. The van der Waals surface area contributed by atoms with E-state index in [9.17, 15) is 14.0 Å². The first-order chi connectivity index (χ1) is 13.5. The Morgan fingerprint density at radius 3 is 2.57 bits per heavy atom. The Bertz CT molecular complexity index is 724. The topological polar surface area (TPSA) is 49.9 Å². The molecule has 3 saturated heterocycles. The smallest absolute Gasteiger partial charge is 0.253 e. The van der Waals surface area contributed by atoms with E-state index in [1.54, 1.807) is 17.0 Å². The largest absolute Gasteiger partial charge is 0.375 e. The van der Waals surface area contributed by atoms with Gasteiger partial charge in [0.05, 0.1) is 5.60 Å². The van der Waals surface area contributed by atoms with E-state index in [0.29, 0.717) is 43.5 Å². The van der Waals surface area contributed by atoms with Crippen LogP contribution in [0.1, 0.15) is 55.3 Å². The second-order valence-electron chi connectivity index (χ2n) is 8.48. The SMILES string of the molecule is O=C(C[C@H]1CCOC2(CCN(C(=O)c3cccc(F)c3)CC2)C1)N1CCCC1. The average molecular weight is 388 g/mol. The third-order valence-corrected chi connectivity index (χ3v) is 6.55. The van der Waals surface area contributed by atoms with E-state index in [1.807, 2.05) is 4.90 Å². The minimum absolute atomic E-state index is 0.120. The van der Waals surface area contributed by atoms with Gasteiger partial charge in [-0.1, -0.05) is 6.07 Å². The van der Waals surface area contributed by atoms with Crippen molar-refractivity contribution in [3.8, 4) is 0 Å². The molecule has 0 aromatic heterocycles. The Balaban J connectivity index is 1.32. The Hall–Kier alpha value is -1.95. The van der Waals surface area contributed by atoms with Crippen LogP contribution >= 0.6 is 0 Å². The van der Waals surface area contributed by atoms with Gasteiger partial charge in [-0.15, -0.1) is 0 Å². The van der Waals surface area contributed by atoms with Gasteiger partial charge in [0.25, 0.3) is 5.91 Å². The number of hydrogen-bond donors (Lipinski definition) is 0. The zero-order chi connectivity index (χ0) is 19.6. The molecule has 5 nitrogen and oxygen atoms in total. The number of hydrogen-bond acceptors (Lipinski definition) is 3. The summed E-state index contributed by atoms with van der Waals surface area (Å²) in [7, 11) is 0. The summed E-state index contributed by atoms with van der Waals surface area (Å²) in [6.07, 6.45) is 6.26. The maximum Gasteiger partial charge on any atom is 0.253 e. The van der Waals surface area contributed by atoms with E-state index in [1.165, 1.54) is 12.1 Å². The fourth-order valence-electron chi connectivity index (χ4n) is 4.92. The van der Waals surface area contributed by atoms with Crippen LogP contribution in [0.5, 0.6) is 0 Å². The van der Waals surface area contributed by atoms with E-state index in [4.69, 9.17) is 4.74 Å². The van der Waals surface area contributed by atoms with Gasteiger partial charge in [-0.25, -0.2) is 4.39 Å². The Kier molecular flexibility index (Phi) is 5.67. The van der Waals surface area contributed by atoms with E-state index in [0.717, 1.165) is 51.6 Å². The van der Waals surface area contributed by atoms with Gasteiger partial charge in [0.15, 0.2) is 0 Å². The average Bonchev–Trinajstić information content (AvgIpc) is 3.23. The monoisotopic (exact) mass is 388 g/mol. The van der Waals surface area contributed by atoms with Gasteiger partial charge in [0.2, 0.25) is 5.91 Å². The second kappa shape index (κ2) is 8.19. The molecule has 152 valence electrons. The number of carbonyl (C=O) groups is 2. The summed E-state index contributed by atoms with van der Waals surface area (Å²) in [5, 5.41) is 0. The number of rotatable bonds is 3. The van der Waals surface area contributed by atoms with E-state index in [2.05, 4.69) is 0 Å². The van der Waals surface area contributed by atoms with Crippen molar-refractivity contribution in [2.24, 2.45) is 5.92 Å². The number of carbonyl (C=O) groups excluding carboxylic acids is 2. The van der Waals surface area contributed by atoms with Crippen LogP contribution in [0.4, 0.5) is 4.39 Å². The zero-order valence-electron chi connectivity index (χ0n) is 16.4. The van der Waals surface area contributed by atoms with Crippen molar-refractivity contribution >= 4 is 11.8 Å². The highest BCUT2D eigenvalue weighted by molar-refractivity contribution is 5.94. The minimum atomic E-state index is -0.388. The fraction of sp³-hybridized carbons (Fsp3) is 0.636. The standard InChI is InChI=1S/C22H29FN2O3/c23-19-5-3-4-18(15-19)21(27)25-11-7-22(8-12-25)16-17(6-13-28-22)14-20(26)24-9-1-2-10-24/h3-5,15,17H,1-2,6-14,16H2/t17-/m1/s1. The summed E-state index contributed by atoms with van der Waals surface area (Å²) in [5.74, 6) is 0.150. The normalized spacial score (nSPS) is 24.5. The molecule has 0 bridgehead atoms. The van der Waals surface area contributed by atoms with Gasteiger partial charge in [-0.3, -0.25) is 9.59 Å². The molecule has 3 heterocycles. The van der Waals surface area contributed by atoms with E-state index < -0.39 is 0 Å². The van der Waals surface area contributed by atoms with Gasteiger partial charge in [0.1, 0.15) is 5.82 Å². The van der Waals surface area contributed by atoms with Crippen molar-refractivity contribution in [1.29, 1.82) is 0 Å². The molecule has 28 heavy (non-hydrogen) atoms. The van der Waals surface area contributed by atoms with Gasteiger partial charge in [0, 0.05) is 44.8 Å². The van der Waals surface area contributed by atoms with Crippen LogP contribution in [0.15, 0.2) is 24.3 Å². The number of nitrogens with zero attached hydrogens (tertiary/aromatic N) is 2. The van der Waals surface area contributed by atoms with Crippen LogP contribution in [-0.4, -0.2) is 60.0 Å². The third-order valence-electron chi connectivity index (χ3n) is 6.55. The molecular formula is C22H29FN2O3. The lowest BCUT2D eigenvalue weighted by Crippen LogP contribution is -2.51. The molecule has 0 radical (unpaired) electrons. The first-order valence-corrected chi connectivity index (χ1v) is 10.5. The predicted molar refractivity (Wildman–Crippen MR) is 103 cm³/mol. The first-order valence-electron chi connectivity index (χ1n) is 10.5. The molecule has 3 aliphatic heterocycles. The van der Waals surface area contributed by atoms with Crippen molar-refractivity contribution in [2.45, 2.75) is 50.5 Å². The second-order valence-corrected chi connectivity index (χ2v) is 8.48. The molecule has 1 atom stereocenters. The lowest BCUT2D eigenvalue weighted by Gasteiger charge is -2.46. The van der Waals surface area contributed by atoms with Gasteiger partial charge < -0.3 is 14.5 Å². The molecule has 2 amide bonds. The maximum absolute atomic E-state index is 13.4. The summed E-state index contributed by atoms with van der Waals surface area (Å²) in [6.45, 7) is 3.73. The van der Waals surface area contributed by atoms with Crippen LogP contribution in [-0.2, 0) is 9.53 Å². The van der Waals surface area contributed by atoms with Gasteiger partial charge in [-0.05, 0) is 62.6 Å². The van der Waals surface area contributed by atoms with Gasteiger partial charge >= 0.3 is 0 Å². The Morgan fingerprint density at radius 1 is 1.11 bits per heavy atom. The zero-order valence-corrected chi connectivity index (χ0v) is 16.4. The first kappa shape index (κ1) is 19.4. The molecule has 1 aromatic rings. The minimum Gasteiger partial charge on any atom is -0.375 e. The third kappa shape index (κ3) is 4.22. The maximum atomic E-state index is 13.4. The van der Waals surface area contributed by atoms with Crippen LogP contribution < -0.4 is 0 Å². The highest BCUT2D eigenvalue weighted by atomic mass is 19.1. The molecule has 6 heteroatoms. The lowest BCUT2D eigenvalue weighted by molar-refractivity contribution is -0.140. The molecular weight excluding hydrogens is 359 g/mol. The lowest BCUT2D eigenvalue weighted by atomic mass is 9.78. The molecule has 3 fully saturated rings. The number of benzene rings is 1. The Labute approximate surface area is 165 Å². The summed E-state index contributed by atoms with van der Waals surface area (Å²) in [5.41, 5.74) is 0.182. The molecule has 3 aliphatic rings. The molecule has 0 unspecified atom stereocenters. The quantitative estimate of drug-likeness (QED) is 0.799. The summed E-state index contributed by atoms with van der Waals surface area (Å²) in [4.78, 5) is 29.0. The van der Waals surface area contributed by atoms with Crippen molar-refractivity contribution < 1.29 is 18.7 Å². The van der Waals surface area contributed by atoms with Crippen molar-refractivity contribution in [1.82, 2.24) is 9.80 Å². The number of ether oxygens (including phenoxy) is 1. The summed E-state index contributed by atoms with van der Waals surface area (Å²) < 4.78 is 19.6. The van der Waals surface area contributed by atoms with Crippen LogP contribution in [0.2, 0.25) is 0 Å². The van der Waals surface area contributed by atoms with Crippen LogP contribution in [0.25, 0.3) is 0 Å². The van der Waals surface area contributed by atoms with E-state index in [-0.39, 0.29) is 17.3 Å². The van der Waals surface area contributed by atoms with Crippen molar-refractivity contribution in [3.05, 3.63) is 35.6 Å². The Morgan fingerprint density at radius 2 is 1.86 bits per heavy atom. The van der Waals surface area contributed by atoms with Crippen LogP contribution in [0, 0.1) is 11.7 Å². The summed E-state index contributed by atoms with van der Waals surface area (Å²) in [6, 6.07) is 5.87. The highest BCUT2D eigenvalue weighted by Crippen LogP contribution is 2.39. The molecule has 0 aliphatic carbocycles. The summed E-state index contributed by atoms with van der Waals surface area (Å²) >= 11 is 0. The molecule has 1 aromatic carbocycles. The number of amides is 2. The molecule has 4 rings (SSSR count).